The van der Waals surface area contributed by atoms with Crippen LogP contribution < -0.4 is 5.32 Å². The fourth-order valence-corrected chi connectivity index (χ4v) is 3.99. The standard InChI is InChI=1S/C25H18N2O5/c1-2-32-25-22(23(30)19-17(28)11-12-18(29)20(19)24(25)31)27-21-13-7-3-5-9-15(13)26-16-10-6-4-8-14(16)21/h3-12,28-29H,2H2,1H3,(H,26,27). The largest absolute Gasteiger partial charge is 0.507 e. The Kier molecular flexibility index (Phi) is 4.52. The molecule has 5 rings (SSSR count). The maximum Gasteiger partial charge on any atom is 0.234 e. The molecule has 3 aromatic carbocycles. The van der Waals surface area contributed by atoms with Crippen molar-refractivity contribution in [2.75, 3.05) is 11.9 Å². The summed E-state index contributed by atoms with van der Waals surface area (Å²) >= 11 is 0. The molecule has 0 saturated carbocycles. The summed E-state index contributed by atoms with van der Waals surface area (Å²) < 4.78 is 5.56. The highest BCUT2D eigenvalue weighted by atomic mass is 16.5. The highest BCUT2D eigenvalue weighted by molar-refractivity contribution is 6.29. The molecule has 4 aromatic rings. The van der Waals surface area contributed by atoms with Gasteiger partial charge < -0.3 is 20.3 Å². The lowest BCUT2D eigenvalue weighted by molar-refractivity contribution is 0.0877. The second kappa shape index (κ2) is 7.39. The molecule has 0 atom stereocenters. The number of fused-ring (bicyclic) bond motifs is 3. The number of anilines is 1. The molecule has 3 N–H and O–H groups in total. The first-order valence-corrected chi connectivity index (χ1v) is 10.1. The van der Waals surface area contributed by atoms with Crippen LogP contribution >= 0.6 is 0 Å². The van der Waals surface area contributed by atoms with E-state index < -0.39 is 23.1 Å². The van der Waals surface area contributed by atoms with E-state index in [-0.39, 0.29) is 29.2 Å². The highest BCUT2D eigenvalue weighted by Crippen LogP contribution is 2.39. The van der Waals surface area contributed by atoms with Crippen molar-refractivity contribution in [3.05, 3.63) is 83.2 Å². The van der Waals surface area contributed by atoms with E-state index in [0.717, 1.165) is 10.8 Å². The maximum atomic E-state index is 13.5. The zero-order valence-corrected chi connectivity index (χ0v) is 17.0. The van der Waals surface area contributed by atoms with Crippen LogP contribution in [0.3, 0.4) is 0 Å². The quantitative estimate of drug-likeness (QED) is 0.325. The van der Waals surface area contributed by atoms with Gasteiger partial charge in [-0.25, -0.2) is 4.98 Å². The van der Waals surface area contributed by atoms with Crippen molar-refractivity contribution in [3.63, 3.8) is 0 Å². The van der Waals surface area contributed by atoms with Gasteiger partial charge in [0.1, 0.15) is 17.2 Å². The number of phenols is 2. The van der Waals surface area contributed by atoms with Crippen LogP contribution in [-0.4, -0.2) is 33.4 Å². The van der Waals surface area contributed by atoms with Gasteiger partial charge in [-0.1, -0.05) is 36.4 Å². The number of hydrogen-bond acceptors (Lipinski definition) is 7. The van der Waals surface area contributed by atoms with Crippen LogP contribution in [0.2, 0.25) is 0 Å². The average molecular weight is 426 g/mol. The number of carbonyl (C=O) groups excluding carboxylic acids is 2. The van der Waals surface area contributed by atoms with Crippen LogP contribution in [-0.2, 0) is 4.74 Å². The summed E-state index contributed by atoms with van der Waals surface area (Å²) in [7, 11) is 0. The summed E-state index contributed by atoms with van der Waals surface area (Å²) in [4.78, 5) is 31.3. The lowest BCUT2D eigenvalue weighted by Crippen LogP contribution is -2.28. The number of nitrogens with zero attached hydrogens (tertiary/aromatic N) is 1. The molecule has 1 aromatic heterocycles. The predicted octanol–water partition coefficient (Wildman–Crippen LogP) is 4.54. The van der Waals surface area contributed by atoms with Crippen molar-refractivity contribution in [3.8, 4) is 11.5 Å². The second-order valence-electron chi connectivity index (χ2n) is 7.30. The number of aromatic hydroxyl groups is 2. The number of rotatable bonds is 4. The number of hydrogen-bond donors (Lipinski definition) is 3. The molecule has 1 aliphatic rings. The molecule has 0 bridgehead atoms. The van der Waals surface area contributed by atoms with E-state index >= 15 is 0 Å². The number of allylic oxidation sites excluding steroid dienone is 2. The second-order valence-corrected chi connectivity index (χ2v) is 7.30. The molecule has 0 radical (unpaired) electrons. The van der Waals surface area contributed by atoms with Gasteiger partial charge in [-0.15, -0.1) is 0 Å². The van der Waals surface area contributed by atoms with Gasteiger partial charge in [0.25, 0.3) is 0 Å². The van der Waals surface area contributed by atoms with E-state index in [1.807, 2.05) is 48.5 Å². The molecule has 0 unspecified atom stereocenters. The molecule has 158 valence electrons. The van der Waals surface area contributed by atoms with E-state index in [4.69, 9.17) is 4.74 Å². The van der Waals surface area contributed by atoms with Gasteiger partial charge in [-0.3, -0.25) is 9.59 Å². The molecule has 0 spiro atoms. The van der Waals surface area contributed by atoms with Gasteiger partial charge in [0.05, 0.1) is 34.5 Å². The fraction of sp³-hybridized carbons (Fsp3) is 0.0800. The van der Waals surface area contributed by atoms with Crippen molar-refractivity contribution < 1.29 is 24.5 Å². The van der Waals surface area contributed by atoms with E-state index in [1.54, 1.807) is 6.92 Å². The monoisotopic (exact) mass is 426 g/mol. The van der Waals surface area contributed by atoms with E-state index in [0.29, 0.717) is 16.7 Å². The van der Waals surface area contributed by atoms with Crippen molar-refractivity contribution in [1.29, 1.82) is 0 Å². The van der Waals surface area contributed by atoms with Crippen LogP contribution in [0, 0.1) is 0 Å². The van der Waals surface area contributed by atoms with Gasteiger partial charge in [0, 0.05) is 10.8 Å². The lowest BCUT2D eigenvalue weighted by Gasteiger charge is -2.24. The number of aromatic nitrogens is 1. The van der Waals surface area contributed by atoms with Gasteiger partial charge in [0.15, 0.2) is 5.76 Å². The number of Topliss-reactive ketones (excluding diaryl/α,β-unsaturated/α-hetero) is 2. The first-order valence-electron chi connectivity index (χ1n) is 10.1. The number of pyridine rings is 1. The van der Waals surface area contributed by atoms with Crippen LogP contribution in [0.15, 0.2) is 72.1 Å². The van der Waals surface area contributed by atoms with Crippen molar-refractivity contribution in [1.82, 2.24) is 4.98 Å². The van der Waals surface area contributed by atoms with Crippen molar-refractivity contribution >= 4 is 39.1 Å². The Morgan fingerprint density at radius 1 is 0.812 bits per heavy atom. The summed E-state index contributed by atoms with van der Waals surface area (Å²) in [6, 6.07) is 17.2. The van der Waals surface area contributed by atoms with Crippen LogP contribution in [0.25, 0.3) is 21.8 Å². The van der Waals surface area contributed by atoms with Crippen LogP contribution in [0.1, 0.15) is 27.6 Å². The minimum absolute atomic E-state index is 0.105. The molecule has 0 fully saturated rings. The smallest absolute Gasteiger partial charge is 0.234 e. The summed E-state index contributed by atoms with van der Waals surface area (Å²) in [5.41, 5.74) is 1.37. The molecular weight excluding hydrogens is 408 g/mol. The third-order valence-corrected chi connectivity index (χ3v) is 5.40. The molecule has 7 heteroatoms. The molecule has 32 heavy (non-hydrogen) atoms. The zero-order chi connectivity index (χ0) is 22.4. The number of ether oxygens (including phenoxy) is 1. The minimum atomic E-state index is -0.681. The van der Waals surface area contributed by atoms with E-state index in [2.05, 4.69) is 10.3 Å². The maximum absolute atomic E-state index is 13.5. The fourth-order valence-electron chi connectivity index (χ4n) is 3.99. The predicted molar refractivity (Wildman–Crippen MR) is 120 cm³/mol. The molecule has 1 aliphatic carbocycles. The molecule has 7 nitrogen and oxygen atoms in total. The number of nitrogens with one attached hydrogen (secondary N) is 1. The zero-order valence-electron chi connectivity index (χ0n) is 17.0. The first-order chi connectivity index (χ1) is 15.5. The van der Waals surface area contributed by atoms with Gasteiger partial charge in [-0.05, 0) is 31.2 Å². The summed E-state index contributed by atoms with van der Waals surface area (Å²) in [5.74, 6) is -2.33. The molecule has 0 saturated heterocycles. The molecule has 0 aliphatic heterocycles. The number of benzene rings is 3. The molecule has 1 heterocycles. The first kappa shape index (κ1) is 19.6. The average Bonchev–Trinajstić information content (AvgIpc) is 2.80. The van der Waals surface area contributed by atoms with E-state index in [1.165, 1.54) is 12.1 Å². The SMILES string of the molecule is CCOC1=C(Nc2c3ccccc3nc3ccccc23)C(=O)c2c(O)ccc(O)c2C1=O. The Balaban J connectivity index is 1.78. The Morgan fingerprint density at radius 2 is 1.34 bits per heavy atom. The van der Waals surface area contributed by atoms with Crippen LogP contribution in [0.5, 0.6) is 11.5 Å². The normalized spacial score (nSPS) is 13.5. The highest BCUT2D eigenvalue weighted by Gasteiger charge is 2.38. The van der Waals surface area contributed by atoms with Gasteiger partial charge >= 0.3 is 0 Å². The molecular formula is C25H18N2O5. The number of phenolic OH excluding ortho intramolecular Hbond substituents is 2. The van der Waals surface area contributed by atoms with Crippen molar-refractivity contribution in [2.45, 2.75) is 6.92 Å². The van der Waals surface area contributed by atoms with Gasteiger partial charge in [0.2, 0.25) is 11.6 Å². The minimum Gasteiger partial charge on any atom is -0.507 e. The number of para-hydroxylation sites is 2. The van der Waals surface area contributed by atoms with Gasteiger partial charge in [-0.2, -0.15) is 0 Å². The Labute approximate surface area is 182 Å². The van der Waals surface area contributed by atoms with Crippen molar-refractivity contribution in [2.24, 2.45) is 0 Å². The lowest BCUT2D eigenvalue weighted by atomic mass is 9.89. The Bertz CT molecular complexity index is 1420. The van der Waals surface area contributed by atoms with Crippen LogP contribution in [0.4, 0.5) is 5.69 Å². The Hall–Kier alpha value is -4.39. The third kappa shape index (κ3) is 2.86. The number of carbonyl (C=O) groups is 2. The summed E-state index contributed by atoms with van der Waals surface area (Å²) in [5, 5.41) is 25.2. The number of ketones is 2. The Morgan fingerprint density at radius 3 is 1.91 bits per heavy atom. The summed E-state index contributed by atoms with van der Waals surface area (Å²) in [6.45, 7) is 1.82. The molecule has 0 amide bonds. The topological polar surface area (TPSA) is 109 Å². The van der Waals surface area contributed by atoms with E-state index in [9.17, 15) is 19.8 Å². The summed E-state index contributed by atoms with van der Waals surface area (Å²) in [6.07, 6.45) is 0. The third-order valence-electron chi connectivity index (χ3n) is 5.40.